The summed E-state index contributed by atoms with van der Waals surface area (Å²) in [5.41, 5.74) is 1.34. The van der Waals surface area contributed by atoms with E-state index in [-0.39, 0.29) is 23.6 Å². The van der Waals surface area contributed by atoms with E-state index in [2.05, 4.69) is 5.32 Å². The summed E-state index contributed by atoms with van der Waals surface area (Å²) in [6, 6.07) is 9.98. The number of anilines is 2. The molecule has 3 heterocycles. The van der Waals surface area contributed by atoms with Gasteiger partial charge in [-0.3, -0.25) is 14.6 Å². The molecule has 2 fully saturated rings. The summed E-state index contributed by atoms with van der Waals surface area (Å²) in [5.74, 6) is -0.331. The van der Waals surface area contributed by atoms with Gasteiger partial charge < -0.3 is 19.9 Å². The van der Waals surface area contributed by atoms with Crippen LogP contribution in [0.2, 0.25) is 0 Å². The Morgan fingerprint density at radius 3 is 2.48 bits per heavy atom. The molecule has 0 aliphatic carbocycles. The van der Waals surface area contributed by atoms with E-state index < -0.39 is 12.2 Å². The minimum absolute atomic E-state index is 0.0647. The van der Waals surface area contributed by atoms with Crippen LogP contribution in [0.15, 0.2) is 36.4 Å². The molecule has 2 aromatic rings. The molecular formula is C19H19N3O6S. The van der Waals surface area contributed by atoms with Crippen LogP contribution in [0.4, 0.5) is 21.0 Å². The van der Waals surface area contributed by atoms with Crippen LogP contribution in [0.3, 0.4) is 0 Å². The molecular weight excluding hydrogens is 398 g/mol. The zero-order chi connectivity index (χ0) is 20.4. The lowest BCUT2D eigenvalue weighted by Crippen LogP contribution is -2.37. The van der Waals surface area contributed by atoms with Gasteiger partial charge in [-0.05, 0) is 42.8 Å². The van der Waals surface area contributed by atoms with E-state index in [0.717, 1.165) is 17.8 Å². The van der Waals surface area contributed by atoms with Crippen LogP contribution in [0, 0.1) is 0 Å². The molecule has 1 aromatic carbocycles. The second-order valence-electron chi connectivity index (χ2n) is 6.60. The Hall–Kier alpha value is -3.27. The number of amides is 3. The van der Waals surface area contributed by atoms with Gasteiger partial charge in [-0.1, -0.05) is 11.3 Å². The first-order valence-electron chi connectivity index (χ1n) is 9.11. The van der Waals surface area contributed by atoms with Crippen molar-refractivity contribution >= 4 is 40.8 Å². The Bertz CT molecular complexity index is 928. The monoisotopic (exact) mass is 417 g/mol. The Morgan fingerprint density at radius 2 is 1.83 bits per heavy atom. The highest BCUT2D eigenvalue weighted by atomic mass is 32.1. The molecule has 2 aliphatic rings. The van der Waals surface area contributed by atoms with E-state index >= 15 is 0 Å². The average molecular weight is 417 g/mol. The molecule has 3 amide bonds. The van der Waals surface area contributed by atoms with Gasteiger partial charge in [0.25, 0.3) is 5.91 Å². The van der Waals surface area contributed by atoms with Crippen LogP contribution < -0.4 is 15.1 Å². The third kappa shape index (κ3) is 4.11. The lowest BCUT2D eigenvalue weighted by atomic mass is 10.2. The molecule has 4 rings (SSSR count). The first-order valence-corrected chi connectivity index (χ1v) is 9.92. The van der Waals surface area contributed by atoms with Crippen LogP contribution in [0.5, 0.6) is 5.06 Å². The highest BCUT2D eigenvalue weighted by Crippen LogP contribution is 2.26. The zero-order valence-corrected chi connectivity index (χ0v) is 16.2. The number of hydrogen-bond donors (Lipinski definition) is 2. The predicted octanol–water partition coefficient (Wildman–Crippen LogP) is 2.56. The van der Waals surface area contributed by atoms with E-state index in [1.165, 1.54) is 17.0 Å². The van der Waals surface area contributed by atoms with Crippen molar-refractivity contribution in [3.8, 4) is 5.06 Å². The van der Waals surface area contributed by atoms with Crippen LogP contribution >= 0.6 is 11.3 Å². The second kappa shape index (κ2) is 8.00. The predicted molar refractivity (Wildman–Crippen MR) is 106 cm³/mol. The average Bonchev–Trinajstić information content (AvgIpc) is 3.32. The minimum Gasteiger partial charge on any atom is -0.499 e. The van der Waals surface area contributed by atoms with Crippen molar-refractivity contribution in [1.82, 2.24) is 5.32 Å². The van der Waals surface area contributed by atoms with Gasteiger partial charge in [0.1, 0.15) is 6.10 Å². The largest absolute Gasteiger partial charge is 0.499 e. The fourth-order valence-corrected chi connectivity index (χ4v) is 3.84. The number of cyclic esters (lactones) is 2. The smallest absolute Gasteiger partial charge is 0.414 e. The highest BCUT2D eigenvalue weighted by Gasteiger charge is 2.33. The number of benzene rings is 1. The van der Waals surface area contributed by atoms with Gasteiger partial charge in [-0.2, -0.15) is 0 Å². The zero-order valence-electron chi connectivity index (χ0n) is 15.4. The summed E-state index contributed by atoms with van der Waals surface area (Å²) < 4.78 is 10.4. The molecule has 1 aromatic heterocycles. The van der Waals surface area contributed by atoms with Gasteiger partial charge in [-0.25, -0.2) is 9.59 Å². The maximum Gasteiger partial charge on any atom is 0.414 e. The van der Waals surface area contributed by atoms with Crippen LogP contribution in [-0.2, 0) is 9.47 Å². The molecule has 1 atom stereocenters. The minimum atomic E-state index is -0.497. The standard InChI is InChI=1S/C19H19N3O6S/c23-16-7-6-15(29-16)17(24)20-10-14-11-22(19(26)28-14)13-4-2-12(3-5-13)21-8-1-9-27-18(21)25/h2-7,14,23H,1,8-11H2,(H,20,24). The topological polar surface area (TPSA) is 108 Å². The van der Waals surface area contributed by atoms with E-state index in [1.807, 2.05) is 0 Å². The molecule has 0 bridgehead atoms. The SMILES string of the molecule is O=C(NCC1CN(c2ccc(N3CCCOC3=O)cc2)C(=O)O1)c1ccc(O)s1. The molecule has 2 aliphatic heterocycles. The number of carbonyl (C=O) groups is 3. The molecule has 0 saturated carbocycles. The van der Waals surface area contributed by atoms with Gasteiger partial charge in [-0.15, -0.1) is 0 Å². The molecule has 9 nitrogen and oxygen atoms in total. The number of thiophene rings is 1. The van der Waals surface area contributed by atoms with Crippen molar-refractivity contribution in [3.63, 3.8) is 0 Å². The first kappa shape index (κ1) is 19.1. The summed E-state index contributed by atoms with van der Waals surface area (Å²) in [7, 11) is 0. The third-order valence-electron chi connectivity index (χ3n) is 4.63. The number of ether oxygens (including phenoxy) is 2. The van der Waals surface area contributed by atoms with Crippen molar-refractivity contribution < 1.29 is 29.0 Å². The third-order valence-corrected chi connectivity index (χ3v) is 5.51. The van der Waals surface area contributed by atoms with Gasteiger partial charge in [0.2, 0.25) is 0 Å². The van der Waals surface area contributed by atoms with Gasteiger partial charge in [0, 0.05) is 17.9 Å². The summed E-state index contributed by atoms with van der Waals surface area (Å²) in [4.78, 5) is 39.5. The number of carbonyl (C=O) groups excluding carboxylic acids is 3. The van der Waals surface area contributed by atoms with Gasteiger partial charge >= 0.3 is 12.2 Å². The number of nitrogens with zero attached hydrogens (tertiary/aromatic N) is 2. The molecule has 2 saturated heterocycles. The summed E-state index contributed by atoms with van der Waals surface area (Å²) in [5, 5.41) is 12.1. The second-order valence-corrected chi connectivity index (χ2v) is 7.66. The fourth-order valence-electron chi connectivity index (χ4n) is 3.18. The lowest BCUT2D eigenvalue weighted by Gasteiger charge is -2.26. The fraction of sp³-hybridized carbons (Fsp3) is 0.316. The molecule has 0 spiro atoms. The number of rotatable bonds is 5. The molecule has 1 unspecified atom stereocenters. The number of aromatic hydroxyl groups is 1. The van der Waals surface area contributed by atoms with Gasteiger partial charge in [0.05, 0.1) is 24.6 Å². The Morgan fingerprint density at radius 1 is 1.10 bits per heavy atom. The Kier molecular flexibility index (Phi) is 5.26. The summed E-state index contributed by atoms with van der Waals surface area (Å²) in [6.07, 6.45) is -0.593. The molecule has 152 valence electrons. The summed E-state index contributed by atoms with van der Waals surface area (Å²) >= 11 is 0.978. The van der Waals surface area contributed by atoms with E-state index in [0.29, 0.717) is 35.9 Å². The van der Waals surface area contributed by atoms with Crippen LogP contribution in [-0.4, -0.2) is 55.5 Å². The van der Waals surface area contributed by atoms with E-state index in [1.54, 1.807) is 29.2 Å². The van der Waals surface area contributed by atoms with Crippen LogP contribution in [0.1, 0.15) is 16.1 Å². The van der Waals surface area contributed by atoms with Crippen molar-refractivity contribution in [1.29, 1.82) is 0 Å². The van der Waals surface area contributed by atoms with E-state index in [9.17, 15) is 19.5 Å². The molecule has 2 N–H and O–H groups in total. The first-order chi connectivity index (χ1) is 14.0. The number of hydrogen-bond acceptors (Lipinski definition) is 7. The molecule has 10 heteroatoms. The normalized spacial score (nSPS) is 19.1. The Labute approximate surface area is 170 Å². The molecule has 0 radical (unpaired) electrons. The van der Waals surface area contributed by atoms with Crippen LogP contribution in [0.25, 0.3) is 0 Å². The van der Waals surface area contributed by atoms with Gasteiger partial charge in [0.15, 0.2) is 5.06 Å². The summed E-state index contributed by atoms with van der Waals surface area (Å²) in [6.45, 7) is 1.48. The van der Waals surface area contributed by atoms with Crippen molar-refractivity contribution in [2.45, 2.75) is 12.5 Å². The highest BCUT2D eigenvalue weighted by molar-refractivity contribution is 7.15. The maximum atomic E-state index is 12.2. The lowest BCUT2D eigenvalue weighted by molar-refractivity contribution is 0.0920. The van der Waals surface area contributed by atoms with E-state index in [4.69, 9.17) is 9.47 Å². The van der Waals surface area contributed by atoms with Crippen molar-refractivity contribution in [2.75, 3.05) is 36.0 Å². The maximum absolute atomic E-state index is 12.2. The van der Waals surface area contributed by atoms with Crippen molar-refractivity contribution in [2.24, 2.45) is 0 Å². The number of nitrogens with one attached hydrogen (secondary N) is 1. The Balaban J connectivity index is 1.35. The quantitative estimate of drug-likeness (QED) is 0.774. The van der Waals surface area contributed by atoms with Crippen molar-refractivity contribution in [3.05, 3.63) is 41.3 Å². The molecule has 29 heavy (non-hydrogen) atoms.